The molecule has 0 spiro atoms. The van der Waals surface area contributed by atoms with E-state index in [9.17, 15) is 4.79 Å². The molecule has 0 atom stereocenters. The molecule has 0 saturated carbocycles. The molecule has 0 amide bonds. The van der Waals surface area contributed by atoms with Crippen LogP contribution in [0.2, 0.25) is 0 Å². The van der Waals surface area contributed by atoms with Crippen molar-refractivity contribution in [1.82, 2.24) is 9.97 Å². The summed E-state index contributed by atoms with van der Waals surface area (Å²) in [5.74, 6) is 0.135. The van der Waals surface area contributed by atoms with Crippen molar-refractivity contribution < 1.29 is 4.79 Å². The molecule has 4 rings (SSSR count). The van der Waals surface area contributed by atoms with Crippen molar-refractivity contribution in [1.29, 1.82) is 5.26 Å². The Balaban J connectivity index is 2.00. The number of pyridine rings is 1. The van der Waals surface area contributed by atoms with Gasteiger partial charge >= 0.3 is 0 Å². The van der Waals surface area contributed by atoms with Gasteiger partial charge < -0.3 is 10.7 Å². The third-order valence-electron chi connectivity index (χ3n) is 5.08. The fraction of sp³-hybridized carbons (Fsp3) is 0.227. The average molecular weight is 356 g/mol. The number of rotatable bonds is 2. The van der Waals surface area contributed by atoms with Crippen LogP contribution in [-0.4, -0.2) is 15.8 Å². The van der Waals surface area contributed by atoms with Crippen LogP contribution < -0.4 is 5.73 Å². The lowest BCUT2D eigenvalue weighted by molar-refractivity contribution is 0.0912. The van der Waals surface area contributed by atoms with Crippen molar-refractivity contribution in [3.8, 4) is 28.5 Å². The highest BCUT2D eigenvalue weighted by atomic mass is 16.1. The monoisotopic (exact) mass is 356 g/mol. The molecule has 27 heavy (non-hydrogen) atoms. The largest absolute Gasteiger partial charge is 0.398 e. The zero-order valence-corrected chi connectivity index (χ0v) is 15.3. The van der Waals surface area contributed by atoms with E-state index in [1.54, 1.807) is 24.5 Å². The summed E-state index contributed by atoms with van der Waals surface area (Å²) in [6, 6.07) is 11.3. The second-order valence-electron chi connectivity index (χ2n) is 7.82. The number of fused-ring (bicyclic) bond motifs is 1. The van der Waals surface area contributed by atoms with Gasteiger partial charge in [-0.3, -0.25) is 9.78 Å². The number of nitrogens with one attached hydrogen (secondary N) is 1. The predicted octanol–water partition coefficient (Wildman–Crippen LogP) is 4.35. The number of aromatic amines is 1. The lowest BCUT2D eigenvalue weighted by atomic mass is 9.75. The van der Waals surface area contributed by atoms with Gasteiger partial charge in [-0.15, -0.1) is 0 Å². The number of nitriles is 1. The summed E-state index contributed by atoms with van der Waals surface area (Å²) in [6.45, 7) is 4.22. The van der Waals surface area contributed by atoms with Gasteiger partial charge in [0, 0.05) is 41.2 Å². The summed E-state index contributed by atoms with van der Waals surface area (Å²) in [5.41, 5.74) is 12.1. The zero-order valence-electron chi connectivity index (χ0n) is 15.3. The van der Waals surface area contributed by atoms with E-state index >= 15 is 0 Å². The summed E-state index contributed by atoms with van der Waals surface area (Å²) >= 11 is 0. The van der Waals surface area contributed by atoms with Gasteiger partial charge in [0.1, 0.15) is 6.07 Å². The Hall–Kier alpha value is -3.39. The first-order chi connectivity index (χ1) is 12.9. The van der Waals surface area contributed by atoms with Gasteiger partial charge in [0.2, 0.25) is 0 Å². The van der Waals surface area contributed by atoms with Gasteiger partial charge in [0.05, 0.1) is 16.9 Å². The molecule has 1 aromatic carbocycles. The molecule has 5 heteroatoms. The normalized spacial score (nSPS) is 15.2. The number of carbonyl (C=O) groups is 1. The first-order valence-electron chi connectivity index (χ1n) is 8.88. The second-order valence-corrected chi connectivity index (χ2v) is 7.82. The van der Waals surface area contributed by atoms with Crippen molar-refractivity contribution >= 4 is 11.5 Å². The first kappa shape index (κ1) is 17.0. The van der Waals surface area contributed by atoms with E-state index in [0.29, 0.717) is 17.7 Å². The van der Waals surface area contributed by atoms with Gasteiger partial charge in [-0.25, -0.2) is 0 Å². The van der Waals surface area contributed by atoms with Crippen molar-refractivity contribution in [3.05, 3.63) is 59.5 Å². The predicted molar refractivity (Wildman–Crippen MR) is 105 cm³/mol. The van der Waals surface area contributed by atoms with Crippen LogP contribution >= 0.6 is 0 Å². The molecule has 3 N–H and O–H groups in total. The minimum absolute atomic E-state index is 0.0780. The highest BCUT2D eigenvalue weighted by Gasteiger charge is 2.35. The van der Waals surface area contributed by atoms with Crippen LogP contribution in [-0.2, 0) is 6.42 Å². The molecule has 2 heterocycles. The molecule has 0 radical (unpaired) electrons. The number of nitrogen functional groups attached to an aromatic ring is 1. The molecule has 5 nitrogen and oxygen atoms in total. The highest BCUT2D eigenvalue weighted by Crippen LogP contribution is 2.44. The Morgan fingerprint density at radius 2 is 1.85 bits per heavy atom. The van der Waals surface area contributed by atoms with Crippen LogP contribution in [0.5, 0.6) is 0 Å². The molecule has 3 aromatic rings. The molecule has 1 aliphatic carbocycles. The van der Waals surface area contributed by atoms with E-state index < -0.39 is 0 Å². The van der Waals surface area contributed by atoms with E-state index in [4.69, 9.17) is 11.0 Å². The molecule has 0 fully saturated rings. The van der Waals surface area contributed by atoms with Gasteiger partial charge in [-0.2, -0.15) is 5.26 Å². The van der Waals surface area contributed by atoms with Crippen molar-refractivity contribution in [3.63, 3.8) is 0 Å². The molecular weight excluding hydrogens is 336 g/mol. The molecule has 2 aromatic heterocycles. The van der Waals surface area contributed by atoms with Gasteiger partial charge in [-0.05, 0) is 41.7 Å². The average Bonchev–Trinajstić information content (AvgIpc) is 3.00. The van der Waals surface area contributed by atoms with Crippen LogP contribution in [0.15, 0.2) is 42.7 Å². The number of aromatic nitrogens is 2. The van der Waals surface area contributed by atoms with E-state index in [1.165, 1.54) is 0 Å². The smallest absolute Gasteiger partial charge is 0.165 e. The molecule has 0 unspecified atom stereocenters. The van der Waals surface area contributed by atoms with Gasteiger partial charge in [-0.1, -0.05) is 19.9 Å². The van der Waals surface area contributed by atoms with Crippen molar-refractivity contribution in [2.24, 2.45) is 5.41 Å². The SMILES string of the molecule is CC1(C)CC(=O)c2c([nH]c(-c3ccncc3)c2-c2ccc(C#N)c(N)c2)C1. The van der Waals surface area contributed by atoms with Crippen molar-refractivity contribution in [2.45, 2.75) is 26.7 Å². The number of anilines is 1. The Kier molecular flexibility index (Phi) is 3.85. The Morgan fingerprint density at radius 1 is 1.11 bits per heavy atom. The van der Waals surface area contributed by atoms with Crippen molar-refractivity contribution in [2.75, 3.05) is 5.73 Å². The summed E-state index contributed by atoms with van der Waals surface area (Å²) in [5, 5.41) is 9.17. The molecule has 0 saturated heterocycles. The lowest BCUT2D eigenvalue weighted by Gasteiger charge is -2.28. The molecule has 0 bridgehead atoms. The summed E-state index contributed by atoms with van der Waals surface area (Å²) in [4.78, 5) is 20.6. The fourth-order valence-corrected chi connectivity index (χ4v) is 3.90. The number of carbonyl (C=O) groups excluding carboxylic acids is 1. The van der Waals surface area contributed by atoms with E-state index in [2.05, 4.69) is 29.9 Å². The number of ketones is 1. The minimum atomic E-state index is -0.0780. The Morgan fingerprint density at radius 3 is 2.52 bits per heavy atom. The lowest BCUT2D eigenvalue weighted by Crippen LogP contribution is -2.26. The van der Waals surface area contributed by atoms with Crippen LogP contribution in [0.3, 0.4) is 0 Å². The van der Waals surface area contributed by atoms with E-state index in [1.807, 2.05) is 18.2 Å². The minimum Gasteiger partial charge on any atom is -0.398 e. The van der Waals surface area contributed by atoms with Crippen LogP contribution in [0.4, 0.5) is 5.69 Å². The topological polar surface area (TPSA) is 95.6 Å². The molecule has 0 aliphatic heterocycles. The maximum Gasteiger partial charge on any atom is 0.165 e. The summed E-state index contributed by atoms with van der Waals surface area (Å²) in [6.07, 6.45) is 4.78. The third-order valence-corrected chi connectivity index (χ3v) is 5.08. The summed E-state index contributed by atoms with van der Waals surface area (Å²) < 4.78 is 0. The van der Waals surface area contributed by atoms with Gasteiger partial charge in [0.25, 0.3) is 0 Å². The number of Topliss-reactive ketones (excluding diaryl/α,β-unsaturated/α-hetero) is 1. The van der Waals surface area contributed by atoms with E-state index in [0.717, 1.165) is 40.1 Å². The zero-order chi connectivity index (χ0) is 19.2. The second kappa shape index (κ2) is 6.10. The standard InChI is InChI=1S/C22H20N4O/c1-22(2)10-17-20(18(27)11-22)19(14-3-4-15(12-23)16(24)9-14)21(26-17)13-5-7-25-8-6-13/h3-9,26H,10-11,24H2,1-2H3. The maximum absolute atomic E-state index is 13.0. The fourth-order valence-electron chi connectivity index (χ4n) is 3.90. The molecular formula is C22H20N4O. The Bertz CT molecular complexity index is 1090. The van der Waals surface area contributed by atoms with Gasteiger partial charge in [0.15, 0.2) is 5.78 Å². The number of benzene rings is 1. The van der Waals surface area contributed by atoms with Crippen LogP contribution in [0.25, 0.3) is 22.4 Å². The first-order valence-corrected chi connectivity index (χ1v) is 8.88. The maximum atomic E-state index is 13.0. The summed E-state index contributed by atoms with van der Waals surface area (Å²) in [7, 11) is 0. The molecule has 1 aliphatic rings. The third kappa shape index (κ3) is 2.89. The molecule has 134 valence electrons. The number of H-pyrrole nitrogens is 1. The van der Waals surface area contributed by atoms with Crippen LogP contribution in [0.1, 0.15) is 41.9 Å². The highest BCUT2D eigenvalue weighted by molar-refractivity contribution is 6.08. The number of hydrogen-bond acceptors (Lipinski definition) is 4. The number of nitrogens with zero attached hydrogens (tertiary/aromatic N) is 2. The van der Waals surface area contributed by atoms with Crippen LogP contribution in [0, 0.1) is 16.7 Å². The quantitative estimate of drug-likeness (QED) is 0.667. The number of nitrogens with two attached hydrogens (primary N) is 1. The Labute approximate surface area is 157 Å². The number of hydrogen-bond donors (Lipinski definition) is 2. The van der Waals surface area contributed by atoms with E-state index in [-0.39, 0.29) is 11.2 Å².